The van der Waals surface area contributed by atoms with Crippen molar-refractivity contribution in [1.29, 1.82) is 0 Å². The van der Waals surface area contributed by atoms with Crippen molar-refractivity contribution in [3.05, 3.63) is 59.7 Å². The normalized spacial score (nSPS) is 12.8. The van der Waals surface area contributed by atoms with Crippen LogP contribution in [0.4, 0.5) is 0 Å². The third-order valence-electron chi connectivity index (χ3n) is 3.35. The number of hydrogen-bond donors (Lipinski definition) is 2. The van der Waals surface area contributed by atoms with E-state index in [-0.39, 0.29) is 25.1 Å². The summed E-state index contributed by atoms with van der Waals surface area (Å²) in [6.07, 6.45) is 0. The number of nitrogens with zero attached hydrogens (tertiary/aromatic N) is 1. The van der Waals surface area contributed by atoms with Gasteiger partial charge in [-0.3, -0.25) is 4.79 Å². The van der Waals surface area contributed by atoms with Crippen molar-refractivity contribution >= 4 is 11.7 Å². The van der Waals surface area contributed by atoms with E-state index in [1.165, 1.54) is 0 Å². The molecule has 0 unspecified atom stereocenters. The topological polar surface area (TPSA) is 95.2 Å². The summed E-state index contributed by atoms with van der Waals surface area (Å²) in [5, 5.41) is 6.47. The Bertz CT molecular complexity index is 747. The van der Waals surface area contributed by atoms with Gasteiger partial charge in [-0.2, -0.15) is 0 Å². The zero-order chi connectivity index (χ0) is 16.8. The van der Waals surface area contributed by atoms with Crippen LogP contribution in [0.2, 0.25) is 0 Å². The second kappa shape index (κ2) is 7.36. The summed E-state index contributed by atoms with van der Waals surface area (Å²) in [6.45, 7) is 0.370. The highest BCUT2D eigenvalue weighted by Gasteiger charge is 2.13. The molecule has 1 aliphatic rings. The van der Waals surface area contributed by atoms with Gasteiger partial charge < -0.3 is 25.4 Å². The van der Waals surface area contributed by atoms with Gasteiger partial charge in [0.05, 0.1) is 0 Å². The highest BCUT2D eigenvalue weighted by atomic mass is 16.7. The van der Waals surface area contributed by atoms with Crippen LogP contribution in [0.1, 0.15) is 11.1 Å². The predicted octanol–water partition coefficient (Wildman–Crippen LogP) is 1.37. The number of oxime groups is 1. The van der Waals surface area contributed by atoms with Crippen LogP contribution in [0.5, 0.6) is 11.5 Å². The van der Waals surface area contributed by atoms with E-state index in [1.54, 1.807) is 0 Å². The van der Waals surface area contributed by atoms with Gasteiger partial charge in [0.25, 0.3) is 5.91 Å². The van der Waals surface area contributed by atoms with Crippen molar-refractivity contribution in [1.82, 2.24) is 5.32 Å². The molecule has 3 rings (SSSR count). The molecular formula is C17H17N3O4. The molecule has 0 atom stereocenters. The first kappa shape index (κ1) is 15.7. The Morgan fingerprint density at radius 2 is 1.96 bits per heavy atom. The maximum atomic E-state index is 11.8. The summed E-state index contributed by atoms with van der Waals surface area (Å²) in [6, 6.07) is 14.7. The predicted molar refractivity (Wildman–Crippen MR) is 87.5 cm³/mol. The van der Waals surface area contributed by atoms with E-state index in [0.29, 0.717) is 18.0 Å². The van der Waals surface area contributed by atoms with E-state index in [0.717, 1.165) is 11.1 Å². The Morgan fingerprint density at radius 1 is 1.17 bits per heavy atom. The molecule has 124 valence electrons. The minimum Gasteiger partial charge on any atom is -0.454 e. The first-order valence-corrected chi connectivity index (χ1v) is 7.38. The number of amides is 1. The van der Waals surface area contributed by atoms with E-state index < -0.39 is 0 Å². The maximum absolute atomic E-state index is 11.8. The molecule has 7 heteroatoms. The Hall–Kier alpha value is -3.22. The molecule has 0 bridgehead atoms. The quantitative estimate of drug-likeness (QED) is 0.475. The van der Waals surface area contributed by atoms with Crippen LogP contribution in [0.15, 0.2) is 53.7 Å². The Morgan fingerprint density at radius 3 is 2.79 bits per heavy atom. The molecule has 0 saturated carbocycles. The zero-order valence-electron chi connectivity index (χ0n) is 12.9. The fraction of sp³-hybridized carbons (Fsp3) is 0.176. The summed E-state index contributed by atoms with van der Waals surface area (Å²) in [5.41, 5.74) is 7.40. The minimum atomic E-state index is -0.294. The monoisotopic (exact) mass is 327 g/mol. The molecule has 1 aliphatic heterocycles. The lowest BCUT2D eigenvalue weighted by molar-refractivity contribution is -0.125. The summed E-state index contributed by atoms with van der Waals surface area (Å²) in [7, 11) is 0. The molecule has 0 aliphatic carbocycles. The molecule has 24 heavy (non-hydrogen) atoms. The number of hydrogen-bond acceptors (Lipinski definition) is 5. The second-order valence-electron chi connectivity index (χ2n) is 5.08. The number of carbonyl (C=O) groups is 1. The van der Waals surface area contributed by atoms with Crippen LogP contribution in [-0.4, -0.2) is 25.1 Å². The lowest BCUT2D eigenvalue weighted by atomic mass is 10.2. The van der Waals surface area contributed by atoms with Crippen molar-refractivity contribution < 1.29 is 19.1 Å². The number of carbonyl (C=O) groups excluding carboxylic acids is 1. The molecule has 3 N–H and O–H groups in total. The lowest BCUT2D eigenvalue weighted by Gasteiger charge is -2.06. The second-order valence-corrected chi connectivity index (χ2v) is 5.08. The largest absolute Gasteiger partial charge is 0.454 e. The van der Waals surface area contributed by atoms with Crippen LogP contribution in [0.3, 0.4) is 0 Å². The van der Waals surface area contributed by atoms with Crippen molar-refractivity contribution in [2.75, 3.05) is 13.4 Å². The summed E-state index contributed by atoms with van der Waals surface area (Å²) in [4.78, 5) is 16.7. The van der Waals surface area contributed by atoms with E-state index in [2.05, 4.69) is 10.5 Å². The lowest BCUT2D eigenvalue weighted by Crippen LogP contribution is -2.27. The molecule has 7 nitrogen and oxygen atoms in total. The number of fused-ring (bicyclic) bond motifs is 1. The molecule has 0 saturated heterocycles. The van der Waals surface area contributed by atoms with Crippen LogP contribution >= 0.6 is 0 Å². The molecule has 2 aromatic rings. The van der Waals surface area contributed by atoms with Crippen LogP contribution in [0.25, 0.3) is 0 Å². The average Bonchev–Trinajstić information content (AvgIpc) is 3.08. The zero-order valence-corrected chi connectivity index (χ0v) is 12.9. The standard InChI is InChI=1S/C17H17N3O4/c18-17(13-4-2-1-3-5-13)20-24-10-16(21)19-9-12-6-7-14-15(8-12)23-11-22-14/h1-8H,9-11H2,(H2,18,20)(H,19,21). The third-order valence-corrected chi connectivity index (χ3v) is 3.35. The third kappa shape index (κ3) is 3.95. The minimum absolute atomic E-state index is 0.210. The molecule has 1 amide bonds. The van der Waals surface area contributed by atoms with Gasteiger partial charge in [0.2, 0.25) is 6.79 Å². The smallest absolute Gasteiger partial charge is 0.261 e. The summed E-state index contributed by atoms with van der Waals surface area (Å²) in [5.74, 6) is 1.31. The van der Waals surface area contributed by atoms with Crippen LogP contribution < -0.4 is 20.5 Å². The van der Waals surface area contributed by atoms with Crippen molar-refractivity contribution in [2.45, 2.75) is 6.54 Å². The van der Waals surface area contributed by atoms with E-state index in [9.17, 15) is 4.79 Å². The molecule has 1 heterocycles. The van der Waals surface area contributed by atoms with Gasteiger partial charge in [-0.05, 0) is 17.7 Å². The molecule has 2 aromatic carbocycles. The Kier molecular flexibility index (Phi) is 4.81. The van der Waals surface area contributed by atoms with Crippen LogP contribution in [-0.2, 0) is 16.2 Å². The number of nitrogens with one attached hydrogen (secondary N) is 1. The van der Waals surface area contributed by atoms with Crippen LogP contribution in [0, 0.1) is 0 Å². The molecule has 0 fully saturated rings. The summed E-state index contributed by atoms with van der Waals surface area (Å²) < 4.78 is 10.5. The number of amidine groups is 1. The van der Waals surface area contributed by atoms with Gasteiger partial charge in [-0.15, -0.1) is 0 Å². The number of benzene rings is 2. The highest BCUT2D eigenvalue weighted by molar-refractivity contribution is 5.97. The molecular weight excluding hydrogens is 310 g/mol. The Labute approximate surface area is 139 Å². The van der Waals surface area contributed by atoms with Crippen molar-refractivity contribution in [3.63, 3.8) is 0 Å². The highest BCUT2D eigenvalue weighted by Crippen LogP contribution is 2.32. The fourth-order valence-electron chi connectivity index (χ4n) is 2.12. The SMILES string of the molecule is N/C(=N\OCC(=O)NCc1ccc2c(c1)OCO2)c1ccccc1. The fourth-order valence-corrected chi connectivity index (χ4v) is 2.12. The molecule has 0 spiro atoms. The number of nitrogens with two attached hydrogens (primary N) is 1. The van der Waals surface area contributed by atoms with Gasteiger partial charge in [0.1, 0.15) is 0 Å². The first-order valence-electron chi connectivity index (χ1n) is 7.38. The van der Waals surface area contributed by atoms with Gasteiger partial charge in [0.15, 0.2) is 23.9 Å². The molecule has 0 aromatic heterocycles. The van der Waals surface area contributed by atoms with Gasteiger partial charge in [-0.25, -0.2) is 0 Å². The van der Waals surface area contributed by atoms with Gasteiger partial charge in [0, 0.05) is 12.1 Å². The van der Waals surface area contributed by atoms with E-state index in [4.69, 9.17) is 20.0 Å². The first-order chi connectivity index (χ1) is 11.7. The van der Waals surface area contributed by atoms with Gasteiger partial charge >= 0.3 is 0 Å². The van der Waals surface area contributed by atoms with Crippen molar-refractivity contribution in [2.24, 2.45) is 10.9 Å². The number of ether oxygens (including phenoxy) is 2. The van der Waals surface area contributed by atoms with E-state index in [1.807, 2.05) is 48.5 Å². The van der Waals surface area contributed by atoms with Gasteiger partial charge in [-0.1, -0.05) is 41.6 Å². The van der Waals surface area contributed by atoms with E-state index >= 15 is 0 Å². The Balaban J connectivity index is 1.44. The maximum Gasteiger partial charge on any atom is 0.261 e. The number of rotatable bonds is 6. The average molecular weight is 327 g/mol. The summed E-state index contributed by atoms with van der Waals surface area (Å²) >= 11 is 0. The molecule has 0 radical (unpaired) electrons. The van der Waals surface area contributed by atoms with Crippen molar-refractivity contribution in [3.8, 4) is 11.5 Å².